The predicted molar refractivity (Wildman–Crippen MR) is 99.7 cm³/mol. The van der Waals surface area contributed by atoms with Crippen LogP contribution in [0.2, 0.25) is 0 Å². The number of para-hydroxylation sites is 1. The molecule has 0 saturated carbocycles. The molecule has 0 aliphatic carbocycles. The van der Waals surface area contributed by atoms with Crippen molar-refractivity contribution in [1.82, 2.24) is 19.4 Å². The SMILES string of the molecule is O=c1c2ccccc2ncn1CC1(O)CCN(Cc2cccnc2)CC1. The van der Waals surface area contributed by atoms with E-state index < -0.39 is 5.60 Å². The van der Waals surface area contributed by atoms with Crippen LogP contribution in [0.3, 0.4) is 0 Å². The molecule has 6 heteroatoms. The number of hydrogen-bond acceptors (Lipinski definition) is 5. The Morgan fingerprint density at radius 1 is 1.12 bits per heavy atom. The Kier molecular flexibility index (Phi) is 4.53. The van der Waals surface area contributed by atoms with Gasteiger partial charge in [0.2, 0.25) is 0 Å². The van der Waals surface area contributed by atoms with E-state index in [-0.39, 0.29) is 12.1 Å². The number of benzene rings is 1. The van der Waals surface area contributed by atoms with Crippen molar-refractivity contribution in [2.45, 2.75) is 31.5 Å². The Morgan fingerprint density at radius 2 is 1.92 bits per heavy atom. The molecule has 0 unspecified atom stereocenters. The van der Waals surface area contributed by atoms with Gasteiger partial charge in [0.1, 0.15) is 0 Å². The summed E-state index contributed by atoms with van der Waals surface area (Å²) in [5.74, 6) is 0. The number of aromatic nitrogens is 3. The molecule has 1 fully saturated rings. The van der Waals surface area contributed by atoms with Gasteiger partial charge in [-0.25, -0.2) is 4.98 Å². The minimum absolute atomic E-state index is 0.0955. The number of fused-ring (bicyclic) bond motifs is 1. The number of pyridine rings is 1. The largest absolute Gasteiger partial charge is 0.388 e. The van der Waals surface area contributed by atoms with Gasteiger partial charge in [-0.05, 0) is 36.6 Å². The molecule has 26 heavy (non-hydrogen) atoms. The van der Waals surface area contributed by atoms with Crippen molar-refractivity contribution < 1.29 is 5.11 Å². The van der Waals surface area contributed by atoms with Crippen LogP contribution < -0.4 is 5.56 Å². The summed E-state index contributed by atoms with van der Waals surface area (Å²) in [5, 5.41) is 11.6. The third-order valence-corrected chi connectivity index (χ3v) is 5.11. The molecule has 4 rings (SSSR count). The molecule has 2 aromatic heterocycles. The molecule has 0 bridgehead atoms. The van der Waals surface area contributed by atoms with Gasteiger partial charge in [-0.3, -0.25) is 19.2 Å². The molecule has 1 aromatic carbocycles. The van der Waals surface area contributed by atoms with Crippen LogP contribution in [-0.4, -0.2) is 43.2 Å². The summed E-state index contributed by atoms with van der Waals surface area (Å²) in [7, 11) is 0. The lowest BCUT2D eigenvalue weighted by Crippen LogP contribution is -2.47. The fourth-order valence-electron chi connectivity index (χ4n) is 3.57. The van der Waals surface area contributed by atoms with Gasteiger partial charge in [0.25, 0.3) is 5.56 Å². The fraction of sp³-hybridized carbons (Fsp3) is 0.350. The lowest BCUT2D eigenvalue weighted by atomic mass is 9.91. The maximum absolute atomic E-state index is 12.6. The summed E-state index contributed by atoms with van der Waals surface area (Å²) < 4.78 is 1.54. The minimum atomic E-state index is -0.876. The molecule has 3 aromatic rings. The van der Waals surface area contributed by atoms with E-state index in [0.29, 0.717) is 23.7 Å². The lowest BCUT2D eigenvalue weighted by Gasteiger charge is -2.38. The molecule has 0 radical (unpaired) electrons. The second kappa shape index (κ2) is 6.97. The van der Waals surface area contributed by atoms with Gasteiger partial charge in [-0.2, -0.15) is 0 Å². The number of hydrogen-bond donors (Lipinski definition) is 1. The molecule has 0 atom stereocenters. The van der Waals surface area contributed by atoms with Gasteiger partial charge in [-0.1, -0.05) is 18.2 Å². The second-order valence-corrected chi connectivity index (χ2v) is 7.06. The Bertz CT molecular complexity index is 947. The molecule has 0 spiro atoms. The van der Waals surface area contributed by atoms with E-state index in [4.69, 9.17) is 0 Å². The van der Waals surface area contributed by atoms with E-state index in [1.807, 2.05) is 30.5 Å². The molecular formula is C20H22N4O2. The van der Waals surface area contributed by atoms with Crippen molar-refractivity contribution in [2.24, 2.45) is 0 Å². The van der Waals surface area contributed by atoms with Crippen LogP contribution in [0.5, 0.6) is 0 Å². The first kappa shape index (κ1) is 16.9. The molecular weight excluding hydrogens is 328 g/mol. The number of nitrogens with zero attached hydrogens (tertiary/aromatic N) is 4. The summed E-state index contributed by atoms with van der Waals surface area (Å²) in [5.41, 5.74) is 0.890. The van der Waals surface area contributed by atoms with E-state index in [0.717, 1.165) is 19.6 Å². The standard InChI is InChI=1S/C20H22N4O2/c25-19-17-5-1-2-6-18(17)22-15-24(19)14-20(26)7-10-23(11-8-20)13-16-4-3-9-21-12-16/h1-6,9,12,15,26H,7-8,10-11,13-14H2. The zero-order chi connectivity index (χ0) is 18.0. The van der Waals surface area contributed by atoms with E-state index in [9.17, 15) is 9.90 Å². The Hall–Kier alpha value is -2.57. The van der Waals surface area contributed by atoms with E-state index in [1.54, 1.807) is 23.2 Å². The van der Waals surface area contributed by atoms with E-state index >= 15 is 0 Å². The Morgan fingerprint density at radius 3 is 2.69 bits per heavy atom. The summed E-state index contributed by atoms with van der Waals surface area (Å²) in [6, 6.07) is 11.3. The highest BCUT2D eigenvalue weighted by molar-refractivity contribution is 5.76. The number of aliphatic hydroxyl groups is 1. The third-order valence-electron chi connectivity index (χ3n) is 5.11. The van der Waals surface area contributed by atoms with Gasteiger partial charge < -0.3 is 5.11 Å². The highest BCUT2D eigenvalue weighted by Gasteiger charge is 2.33. The highest BCUT2D eigenvalue weighted by Crippen LogP contribution is 2.25. The van der Waals surface area contributed by atoms with Crippen molar-refractivity contribution in [3.05, 3.63) is 71.0 Å². The fourth-order valence-corrected chi connectivity index (χ4v) is 3.57. The average molecular weight is 350 g/mol. The van der Waals surface area contributed by atoms with Crippen molar-refractivity contribution in [3.8, 4) is 0 Å². The normalized spacial score (nSPS) is 17.4. The molecule has 1 aliphatic heterocycles. The van der Waals surface area contributed by atoms with Crippen LogP contribution in [0.15, 0.2) is 59.9 Å². The van der Waals surface area contributed by atoms with Crippen molar-refractivity contribution in [2.75, 3.05) is 13.1 Å². The van der Waals surface area contributed by atoms with Gasteiger partial charge in [0.05, 0.1) is 29.4 Å². The first-order valence-corrected chi connectivity index (χ1v) is 8.91. The zero-order valence-corrected chi connectivity index (χ0v) is 14.6. The summed E-state index contributed by atoms with van der Waals surface area (Å²) in [6.07, 6.45) is 6.46. The summed E-state index contributed by atoms with van der Waals surface area (Å²) >= 11 is 0. The summed E-state index contributed by atoms with van der Waals surface area (Å²) in [4.78, 5) is 23.4. The predicted octanol–water partition coefficient (Wildman–Crippen LogP) is 1.82. The first-order valence-electron chi connectivity index (χ1n) is 8.91. The van der Waals surface area contributed by atoms with Crippen molar-refractivity contribution in [3.63, 3.8) is 0 Å². The van der Waals surface area contributed by atoms with Gasteiger partial charge in [0.15, 0.2) is 0 Å². The van der Waals surface area contributed by atoms with Gasteiger partial charge >= 0.3 is 0 Å². The number of likely N-dealkylation sites (tertiary alicyclic amines) is 1. The summed E-state index contributed by atoms with van der Waals surface area (Å²) in [6.45, 7) is 2.70. The van der Waals surface area contributed by atoms with Crippen LogP contribution in [-0.2, 0) is 13.1 Å². The van der Waals surface area contributed by atoms with Gasteiger partial charge in [0, 0.05) is 32.0 Å². The van der Waals surface area contributed by atoms with Crippen molar-refractivity contribution in [1.29, 1.82) is 0 Å². The van der Waals surface area contributed by atoms with Crippen molar-refractivity contribution >= 4 is 10.9 Å². The molecule has 0 amide bonds. The minimum Gasteiger partial charge on any atom is -0.388 e. The smallest absolute Gasteiger partial charge is 0.261 e. The van der Waals surface area contributed by atoms with E-state index in [1.165, 1.54) is 5.56 Å². The molecule has 134 valence electrons. The third kappa shape index (κ3) is 3.52. The highest BCUT2D eigenvalue weighted by atomic mass is 16.3. The lowest BCUT2D eigenvalue weighted by molar-refractivity contribution is -0.0365. The molecule has 1 aliphatic rings. The topological polar surface area (TPSA) is 71.2 Å². The number of piperidine rings is 1. The van der Waals surface area contributed by atoms with Crippen LogP contribution >= 0.6 is 0 Å². The maximum atomic E-state index is 12.6. The molecule has 3 heterocycles. The number of rotatable bonds is 4. The Labute approximate surface area is 151 Å². The van der Waals surface area contributed by atoms with Crippen LogP contribution in [0.25, 0.3) is 10.9 Å². The molecule has 1 saturated heterocycles. The van der Waals surface area contributed by atoms with Gasteiger partial charge in [-0.15, -0.1) is 0 Å². The van der Waals surface area contributed by atoms with Crippen LogP contribution in [0.1, 0.15) is 18.4 Å². The first-order chi connectivity index (χ1) is 12.6. The molecule has 6 nitrogen and oxygen atoms in total. The zero-order valence-electron chi connectivity index (χ0n) is 14.6. The van der Waals surface area contributed by atoms with E-state index in [2.05, 4.69) is 20.9 Å². The molecule has 1 N–H and O–H groups in total. The monoisotopic (exact) mass is 350 g/mol. The Balaban J connectivity index is 1.44. The maximum Gasteiger partial charge on any atom is 0.261 e. The second-order valence-electron chi connectivity index (χ2n) is 7.06. The average Bonchev–Trinajstić information content (AvgIpc) is 2.67. The van der Waals surface area contributed by atoms with Crippen LogP contribution in [0, 0.1) is 0 Å². The quantitative estimate of drug-likeness (QED) is 0.777. The van der Waals surface area contributed by atoms with Crippen LogP contribution in [0.4, 0.5) is 0 Å².